The lowest BCUT2D eigenvalue weighted by molar-refractivity contribution is -0.106. The van der Waals surface area contributed by atoms with Crippen molar-refractivity contribution in [1.29, 1.82) is 0 Å². The van der Waals surface area contributed by atoms with Crippen LogP contribution < -0.4 is 10.6 Å². The number of rotatable bonds is 5. The van der Waals surface area contributed by atoms with Crippen molar-refractivity contribution in [2.75, 3.05) is 20.2 Å². The van der Waals surface area contributed by atoms with Crippen LogP contribution in [0.15, 0.2) is 4.99 Å². The van der Waals surface area contributed by atoms with Gasteiger partial charge in [-0.15, -0.1) is 24.0 Å². The molecule has 0 aromatic carbocycles. The first-order valence-corrected chi connectivity index (χ1v) is 9.47. The second-order valence-corrected chi connectivity index (χ2v) is 9.06. The van der Waals surface area contributed by atoms with Crippen LogP contribution >= 0.6 is 24.0 Å². The third-order valence-corrected chi connectivity index (χ3v) is 6.50. The van der Waals surface area contributed by atoms with Crippen LogP contribution in [0.3, 0.4) is 0 Å². The number of guanidine groups is 1. The van der Waals surface area contributed by atoms with Crippen molar-refractivity contribution in [3.05, 3.63) is 0 Å². The number of halogens is 1. The SMILES string of the molecule is CN=C(NCC1(CC(C)C)CCC1)NC1C2CCOC2C1(C)C.I. The molecule has 2 aliphatic carbocycles. The first-order chi connectivity index (χ1) is 10.9. The van der Waals surface area contributed by atoms with Crippen LogP contribution in [-0.2, 0) is 4.74 Å². The van der Waals surface area contributed by atoms with E-state index in [0.29, 0.717) is 23.5 Å². The maximum atomic E-state index is 5.90. The fourth-order valence-electron chi connectivity index (χ4n) is 5.23. The summed E-state index contributed by atoms with van der Waals surface area (Å²) in [5.74, 6) is 2.40. The van der Waals surface area contributed by atoms with Gasteiger partial charge >= 0.3 is 0 Å². The molecule has 0 aromatic rings. The Morgan fingerprint density at radius 3 is 2.54 bits per heavy atom. The maximum absolute atomic E-state index is 5.90. The molecule has 3 aliphatic rings. The standard InChI is InChI=1S/C19H35N3O.HI/c1-13(2)11-19(8-6-9-19)12-21-17(20-5)22-15-14-7-10-23-16(14)18(15,3)4;/h13-16H,6-12H2,1-5H3,(H2,20,21,22);1H. The van der Waals surface area contributed by atoms with Gasteiger partial charge in [0.1, 0.15) is 0 Å². The van der Waals surface area contributed by atoms with Gasteiger partial charge in [-0.2, -0.15) is 0 Å². The number of fused-ring (bicyclic) bond motifs is 1. The molecule has 2 saturated carbocycles. The van der Waals surface area contributed by atoms with Gasteiger partial charge < -0.3 is 15.4 Å². The summed E-state index contributed by atoms with van der Waals surface area (Å²) in [7, 11) is 1.89. The fraction of sp³-hybridized carbons (Fsp3) is 0.947. The third-order valence-electron chi connectivity index (χ3n) is 6.50. The number of aliphatic imine (C=N–C) groups is 1. The Morgan fingerprint density at radius 1 is 1.29 bits per heavy atom. The summed E-state index contributed by atoms with van der Waals surface area (Å²) in [4.78, 5) is 4.48. The number of hydrogen-bond acceptors (Lipinski definition) is 2. The largest absolute Gasteiger partial charge is 0.377 e. The lowest BCUT2D eigenvalue weighted by Gasteiger charge is -2.55. The molecule has 0 radical (unpaired) electrons. The molecule has 3 unspecified atom stereocenters. The Morgan fingerprint density at radius 2 is 2.00 bits per heavy atom. The predicted octanol–water partition coefficient (Wildman–Crippen LogP) is 3.80. The van der Waals surface area contributed by atoms with Crippen molar-refractivity contribution in [2.24, 2.45) is 27.7 Å². The molecule has 0 aromatic heterocycles. The Hall–Kier alpha value is -0.0400. The Labute approximate surface area is 165 Å². The van der Waals surface area contributed by atoms with E-state index in [9.17, 15) is 0 Å². The van der Waals surface area contributed by atoms with E-state index >= 15 is 0 Å². The Balaban J connectivity index is 0.00000208. The fourth-order valence-corrected chi connectivity index (χ4v) is 5.23. The number of ether oxygens (including phenoxy) is 1. The van der Waals surface area contributed by atoms with Crippen LogP contribution in [0.2, 0.25) is 0 Å². The van der Waals surface area contributed by atoms with Crippen LogP contribution in [0.1, 0.15) is 59.8 Å². The van der Waals surface area contributed by atoms with Crippen LogP contribution in [0, 0.1) is 22.7 Å². The van der Waals surface area contributed by atoms with Crippen molar-refractivity contribution in [2.45, 2.75) is 71.9 Å². The molecule has 4 nitrogen and oxygen atoms in total. The van der Waals surface area contributed by atoms with Crippen LogP contribution in [0.5, 0.6) is 0 Å². The van der Waals surface area contributed by atoms with Gasteiger partial charge in [0, 0.05) is 37.6 Å². The highest BCUT2D eigenvalue weighted by atomic mass is 127. The molecule has 0 amide bonds. The van der Waals surface area contributed by atoms with Gasteiger partial charge in [0.05, 0.1) is 6.10 Å². The number of hydrogen-bond donors (Lipinski definition) is 2. The minimum absolute atomic E-state index is 0. The van der Waals surface area contributed by atoms with E-state index in [2.05, 4.69) is 43.3 Å². The molecule has 3 fully saturated rings. The summed E-state index contributed by atoms with van der Waals surface area (Å²) in [6.07, 6.45) is 7.05. The molecule has 5 heteroatoms. The molecule has 2 N–H and O–H groups in total. The molecule has 0 spiro atoms. The van der Waals surface area contributed by atoms with Crippen molar-refractivity contribution < 1.29 is 4.74 Å². The summed E-state index contributed by atoms with van der Waals surface area (Å²) < 4.78 is 5.90. The van der Waals surface area contributed by atoms with E-state index in [1.165, 1.54) is 32.1 Å². The third kappa shape index (κ3) is 3.71. The summed E-state index contributed by atoms with van der Waals surface area (Å²) in [5, 5.41) is 7.33. The average molecular weight is 449 g/mol. The highest BCUT2D eigenvalue weighted by molar-refractivity contribution is 14.0. The molecule has 0 bridgehead atoms. The highest BCUT2D eigenvalue weighted by Gasteiger charge is 2.59. The van der Waals surface area contributed by atoms with E-state index in [4.69, 9.17) is 4.74 Å². The zero-order valence-electron chi connectivity index (χ0n) is 16.0. The summed E-state index contributed by atoms with van der Waals surface area (Å²) in [5.41, 5.74) is 0.699. The van der Waals surface area contributed by atoms with Gasteiger partial charge in [-0.25, -0.2) is 0 Å². The predicted molar refractivity (Wildman–Crippen MR) is 111 cm³/mol. The molecular weight excluding hydrogens is 413 g/mol. The second kappa shape index (κ2) is 7.68. The van der Waals surface area contributed by atoms with Crippen LogP contribution in [0.4, 0.5) is 0 Å². The van der Waals surface area contributed by atoms with Crippen molar-refractivity contribution >= 4 is 29.9 Å². The zero-order chi connectivity index (χ0) is 16.7. The number of nitrogens with one attached hydrogen (secondary N) is 2. The quantitative estimate of drug-likeness (QED) is 0.381. The van der Waals surface area contributed by atoms with Crippen molar-refractivity contribution in [3.63, 3.8) is 0 Å². The second-order valence-electron chi connectivity index (χ2n) is 9.06. The molecule has 1 saturated heterocycles. The average Bonchev–Trinajstić information content (AvgIpc) is 2.90. The molecule has 24 heavy (non-hydrogen) atoms. The molecular formula is C19H36IN3O. The van der Waals surface area contributed by atoms with Gasteiger partial charge in [0.2, 0.25) is 0 Å². The zero-order valence-corrected chi connectivity index (χ0v) is 18.4. The van der Waals surface area contributed by atoms with Crippen LogP contribution in [-0.4, -0.2) is 38.3 Å². The lowest BCUT2D eigenvalue weighted by Crippen LogP contribution is -2.68. The van der Waals surface area contributed by atoms with E-state index in [1.54, 1.807) is 0 Å². The van der Waals surface area contributed by atoms with Crippen molar-refractivity contribution in [1.82, 2.24) is 10.6 Å². The molecule has 1 aliphatic heterocycles. The summed E-state index contributed by atoms with van der Waals surface area (Å²) >= 11 is 0. The van der Waals surface area contributed by atoms with Gasteiger partial charge in [0.25, 0.3) is 0 Å². The molecule has 1 heterocycles. The number of nitrogens with zero attached hydrogens (tertiary/aromatic N) is 1. The van der Waals surface area contributed by atoms with E-state index in [-0.39, 0.29) is 29.4 Å². The summed E-state index contributed by atoms with van der Waals surface area (Å²) in [6.45, 7) is 11.3. The minimum atomic E-state index is 0. The first-order valence-electron chi connectivity index (χ1n) is 9.47. The van der Waals surface area contributed by atoms with Gasteiger partial charge in [-0.3, -0.25) is 4.99 Å². The van der Waals surface area contributed by atoms with Crippen molar-refractivity contribution in [3.8, 4) is 0 Å². The maximum Gasteiger partial charge on any atom is 0.191 e. The van der Waals surface area contributed by atoms with Gasteiger partial charge in [-0.05, 0) is 37.0 Å². The van der Waals surface area contributed by atoms with Crippen LogP contribution in [0.25, 0.3) is 0 Å². The topological polar surface area (TPSA) is 45.7 Å². The molecule has 3 rings (SSSR count). The summed E-state index contributed by atoms with van der Waals surface area (Å²) in [6, 6.07) is 0.476. The highest BCUT2D eigenvalue weighted by Crippen LogP contribution is 2.52. The van der Waals surface area contributed by atoms with E-state index in [0.717, 1.165) is 25.0 Å². The van der Waals surface area contributed by atoms with E-state index < -0.39 is 0 Å². The first kappa shape index (κ1) is 20.3. The minimum Gasteiger partial charge on any atom is -0.377 e. The Bertz CT molecular complexity index is 460. The van der Waals surface area contributed by atoms with Gasteiger partial charge in [0.15, 0.2) is 5.96 Å². The monoisotopic (exact) mass is 449 g/mol. The van der Waals surface area contributed by atoms with Gasteiger partial charge in [-0.1, -0.05) is 34.1 Å². The van der Waals surface area contributed by atoms with E-state index in [1.807, 2.05) is 7.05 Å². The molecule has 140 valence electrons. The Kier molecular flexibility index (Phi) is 6.49. The lowest BCUT2D eigenvalue weighted by atomic mass is 9.57. The molecule has 3 atom stereocenters. The smallest absolute Gasteiger partial charge is 0.191 e. The normalized spacial score (nSPS) is 33.1.